The third-order valence-corrected chi connectivity index (χ3v) is 1.30. The number of rotatable bonds is 2. The van der Waals surface area contributed by atoms with Crippen LogP contribution in [0.15, 0.2) is 30.3 Å². The normalized spacial score (nSPS) is 8.92. The summed E-state index contributed by atoms with van der Waals surface area (Å²) in [6, 6.07) is 9.10. The first-order chi connectivity index (χ1) is 6.20. The number of carbonyl (C=O) groups is 1. The van der Waals surface area contributed by atoms with E-state index in [1.54, 1.807) is 12.1 Å². The van der Waals surface area contributed by atoms with Gasteiger partial charge in [0.15, 0.2) is 0 Å². The Kier molecular flexibility index (Phi) is 6.83. The summed E-state index contributed by atoms with van der Waals surface area (Å²) in [5.41, 5.74) is 0.729. The first kappa shape index (κ1) is 11.8. The third kappa shape index (κ3) is 7.22. The van der Waals surface area contributed by atoms with Crippen LogP contribution in [-0.4, -0.2) is 18.0 Å². The van der Waals surface area contributed by atoms with Crippen LogP contribution >= 0.6 is 0 Å². The van der Waals surface area contributed by atoms with Gasteiger partial charge in [0, 0.05) is 12.2 Å². The lowest BCUT2D eigenvalue weighted by atomic mass is 10.2. The average molecular weight is 180 g/mol. The summed E-state index contributed by atoms with van der Waals surface area (Å²) >= 11 is 0. The Morgan fingerprint density at radius 3 is 2.00 bits per heavy atom. The van der Waals surface area contributed by atoms with Crippen molar-refractivity contribution >= 4 is 6.29 Å². The van der Waals surface area contributed by atoms with E-state index in [2.05, 4.69) is 0 Å². The molecule has 0 spiro atoms. The van der Waals surface area contributed by atoms with Gasteiger partial charge in [-0.05, 0) is 5.92 Å². The zero-order valence-electron chi connectivity index (χ0n) is 8.10. The Morgan fingerprint density at radius 1 is 1.31 bits per heavy atom. The fourth-order valence-electron chi connectivity index (χ4n) is 0.532. The van der Waals surface area contributed by atoms with Gasteiger partial charge < -0.3 is 5.11 Å². The van der Waals surface area contributed by atoms with Crippen molar-refractivity contribution in [3.05, 3.63) is 35.9 Å². The van der Waals surface area contributed by atoms with E-state index in [0.29, 0.717) is 12.5 Å². The van der Waals surface area contributed by atoms with E-state index < -0.39 is 0 Å². The molecular formula is C11H16O2. The molecular weight excluding hydrogens is 164 g/mol. The molecule has 0 atom stereocenters. The van der Waals surface area contributed by atoms with Crippen LogP contribution in [0.1, 0.15) is 24.2 Å². The molecule has 0 radical (unpaired) electrons. The monoisotopic (exact) mass is 180 g/mol. The Labute approximate surface area is 79.2 Å². The first-order valence-corrected chi connectivity index (χ1v) is 4.31. The summed E-state index contributed by atoms with van der Waals surface area (Å²) in [7, 11) is 0. The second-order valence-electron chi connectivity index (χ2n) is 3.10. The van der Waals surface area contributed by atoms with Crippen LogP contribution in [-0.2, 0) is 0 Å². The number of carbonyl (C=O) groups excluding carboxylic acids is 1. The van der Waals surface area contributed by atoms with E-state index in [0.717, 1.165) is 11.8 Å². The maximum atomic E-state index is 10.0. The van der Waals surface area contributed by atoms with Gasteiger partial charge in [0.1, 0.15) is 6.29 Å². The molecule has 72 valence electrons. The number of aldehydes is 1. The van der Waals surface area contributed by atoms with E-state index >= 15 is 0 Å². The van der Waals surface area contributed by atoms with Gasteiger partial charge in [0.2, 0.25) is 0 Å². The van der Waals surface area contributed by atoms with Crippen molar-refractivity contribution in [3.8, 4) is 0 Å². The summed E-state index contributed by atoms with van der Waals surface area (Å²) in [6.07, 6.45) is 0.833. The van der Waals surface area contributed by atoms with E-state index in [-0.39, 0.29) is 0 Å². The van der Waals surface area contributed by atoms with E-state index in [1.807, 2.05) is 32.0 Å². The van der Waals surface area contributed by atoms with Gasteiger partial charge in [-0.3, -0.25) is 4.79 Å². The molecule has 0 aliphatic carbocycles. The zero-order chi connectivity index (χ0) is 10.1. The molecule has 0 aliphatic rings. The van der Waals surface area contributed by atoms with Crippen LogP contribution in [0.4, 0.5) is 0 Å². The minimum absolute atomic E-state index is 0.306. The second kappa shape index (κ2) is 7.50. The molecule has 2 heteroatoms. The molecule has 1 aromatic rings. The molecule has 0 heterocycles. The second-order valence-corrected chi connectivity index (χ2v) is 3.10. The minimum atomic E-state index is 0.306. The lowest BCUT2D eigenvalue weighted by Crippen LogP contribution is -1.90. The number of aliphatic hydroxyl groups is 1. The summed E-state index contributed by atoms with van der Waals surface area (Å²) in [5.74, 6) is 0.440. The van der Waals surface area contributed by atoms with Crippen molar-refractivity contribution in [2.45, 2.75) is 13.8 Å². The van der Waals surface area contributed by atoms with Crippen LogP contribution in [0.3, 0.4) is 0 Å². The highest BCUT2D eigenvalue weighted by Gasteiger charge is 1.81. The first-order valence-electron chi connectivity index (χ1n) is 4.31. The topological polar surface area (TPSA) is 37.3 Å². The molecule has 1 aromatic carbocycles. The molecule has 0 aliphatic heterocycles. The molecule has 0 unspecified atom stereocenters. The predicted octanol–water partition coefficient (Wildman–Crippen LogP) is 2.13. The molecule has 0 bridgehead atoms. The van der Waals surface area contributed by atoms with Crippen LogP contribution in [0, 0.1) is 5.92 Å². The highest BCUT2D eigenvalue weighted by Crippen LogP contribution is 1.91. The Bertz CT molecular complexity index is 217. The summed E-state index contributed by atoms with van der Waals surface area (Å²) in [6.45, 7) is 4.25. The molecule has 0 saturated carbocycles. The molecule has 0 saturated heterocycles. The summed E-state index contributed by atoms with van der Waals surface area (Å²) in [4.78, 5) is 10.0. The Morgan fingerprint density at radius 2 is 1.77 bits per heavy atom. The van der Waals surface area contributed by atoms with Crippen molar-refractivity contribution in [1.82, 2.24) is 0 Å². The molecule has 1 N–H and O–H groups in total. The largest absolute Gasteiger partial charge is 0.396 e. The molecule has 0 fully saturated rings. The van der Waals surface area contributed by atoms with Crippen molar-refractivity contribution < 1.29 is 9.90 Å². The van der Waals surface area contributed by atoms with E-state index in [9.17, 15) is 4.79 Å². The highest BCUT2D eigenvalue weighted by molar-refractivity contribution is 5.74. The lowest BCUT2D eigenvalue weighted by molar-refractivity contribution is 0.112. The number of hydrogen-bond acceptors (Lipinski definition) is 2. The average Bonchev–Trinajstić information content (AvgIpc) is 2.20. The van der Waals surface area contributed by atoms with Crippen LogP contribution in [0.5, 0.6) is 0 Å². The van der Waals surface area contributed by atoms with Gasteiger partial charge in [-0.1, -0.05) is 44.2 Å². The van der Waals surface area contributed by atoms with Gasteiger partial charge in [-0.15, -0.1) is 0 Å². The number of aliphatic hydroxyl groups excluding tert-OH is 1. The minimum Gasteiger partial charge on any atom is -0.396 e. The van der Waals surface area contributed by atoms with Gasteiger partial charge >= 0.3 is 0 Å². The van der Waals surface area contributed by atoms with Crippen LogP contribution in [0.2, 0.25) is 0 Å². The number of hydrogen-bond donors (Lipinski definition) is 1. The SMILES string of the molecule is CC(C)CO.O=Cc1ccccc1. The zero-order valence-corrected chi connectivity index (χ0v) is 8.10. The van der Waals surface area contributed by atoms with Gasteiger partial charge in [-0.25, -0.2) is 0 Å². The van der Waals surface area contributed by atoms with Gasteiger partial charge in [0.25, 0.3) is 0 Å². The smallest absolute Gasteiger partial charge is 0.150 e. The third-order valence-electron chi connectivity index (χ3n) is 1.30. The molecule has 0 aromatic heterocycles. The van der Waals surface area contributed by atoms with Crippen molar-refractivity contribution in [1.29, 1.82) is 0 Å². The molecule has 13 heavy (non-hydrogen) atoms. The maximum Gasteiger partial charge on any atom is 0.150 e. The fraction of sp³-hybridized carbons (Fsp3) is 0.364. The lowest BCUT2D eigenvalue weighted by Gasteiger charge is -1.90. The van der Waals surface area contributed by atoms with Crippen molar-refractivity contribution in [2.75, 3.05) is 6.61 Å². The van der Waals surface area contributed by atoms with Crippen LogP contribution < -0.4 is 0 Å². The van der Waals surface area contributed by atoms with Crippen LogP contribution in [0.25, 0.3) is 0 Å². The maximum absolute atomic E-state index is 10.0. The molecule has 0 amide bonds. The standard InChI is InChI=1S/C7H6O.C4H10O/c8-6-7-4-2-1-3-5-7;1-4(2)3-5/h1-6H;4-5H,3H2,1-2H3. The summed E-state index contributed by atoms with van der Waals surface area (Å²) in [5, 5.41) is 8.14. The van der Waals surface area contributed by atoms with Gasteiger partial charge in [0.05, 0.1) is 0 Å². The number of benzene rings is 1. The quantitative estimate of drug-likeness (QED) is 0.708. The van der Waals surface area contributed by atoms with Crippen molar-refractivity contribution in [3.63, 3.8) is 0 Å². The Balaban J connectivity index is 0.000000252. The Hall–Kier alpha value is -1.15. The predicted molar refractivity (Wildman–Crippen MR) is 53.8 cm³/mol. The summed E-state index contributed by atoms with van der Waals surface area (Å²) < 4.78 is 0. The van der Waals surface area contributed by atoms with Gasteiger partial charge in [-0.2, -0.15) is 0 Å². The highest BCUT2D eigenvalue weighted by atomic mass is 16.3. The van der Waals surface area contributed by atoms with Crippen molar-refractivity contribution in [2.24, 2.45) is 5.92 Å². The van der Waals surface area contributed by atoms with E-state index in [1.165, 1.54) is 0 Å². The van der Waals surface area contributed by atoms with E-state index in [4.69, 9.17) is 5.11 Å². The molecule has 1 rings (SSSR count). The molecule has 2 nitrogen and oxygen atoms in total. The fourth-order valence-corrected chi connectivity index (χ4v) is 0.532.